The third-order valence-electron chi connectivity index (χ3n) is 3.32. The van der Waals surface area contributed by atoms with Gasteiger partial charge in [0.15, 0.2) is 0 Å². The monoisotopic (exact) mass is 394 g/mol. The first-order valence-electron chi connectivity index (χ1n) is 8.75. The molecule has 9 nitrogen and oxygen atoms in total. The third-order valence-corrected chi connectivity index (χ3v) is 3.32. The number of rotatable bonds is 9. The van der Waals surface area contributed by atoms with Gasteiger partial charge >= 0.3 is 18.0 Å². The van der Waals surface area contributed by atoms with Crippen molar-refractivity contribution in [1.82, 2.24) is 10.6 Å². The highest BCUT2D eigenvalue weighted by atomic mass is 16.6. The van der Waals surface area contributed by atoms with E-state index in [9.17, 15) is 19.2 Å². The normalized spacial score (nSPS) is 11.8. The Labute approximate surface area is 163 Å². The van der Waals surface area contributed by atoms with Crippen LogP contribution in [0.3, 0.4) is 0 Å². The van der Waals surface area contributed by atoms with E-state index in [2.05, 4.69) is 10.6 Å². The van der Waals surface area contributed by atoms with Gasteiger partial charge in [0.05, 0.1) is 0 Å². The topological polar surface area (TPSA) is 131 Å². The first kappa shape index (κ1) is 22.9. The van der Waals surface area contributed by atoms with Gasteiger partial charge in [-0.05, 0) is 32.8 Å². The molecule has 28 heavy (non-hydrogen) atoms. The van der Waals surface area contributed by atoms with Gasteiger partial charge in [-0.3, -0.25) is 9.59 Å². The summed E-state index contributed by atoms with van der Waals surface area (Å²) in [5.74, 6) is -2.44. The van der Waals surface area contributed by atoms with Gasteiger partial charge in [-0.2, -0.15) is 0 Å². The van der Waals surface area contributed by atoms with Gasteiger partial charge in [-0.25, -0.2) is 9.59 Å². The lowest BCUT2D eigenvalue weighted by atomic mass is 10.1. The van der Waals surface area contributed by atoms with E-state index in [1.807, 2.05) is 18.2 Å². The predicted octanol–water partition coefficient (Wildman–Crippen LogP) is 1.60. The van der Waals surface area contributed by atoms with E-state index < -0.39 is 35.6 Å². The molecule has 1 aromatic carbocycles. The Morgan fingerprint density at radius 3 is 2.32 bits per heavy atom. The number of hydrogen-bond donors (Lipinski definition) is 3. The summed E-state index contributed by atoms with van der Waals surface area (Å²) in [4.78, 5) is 46.3. The molecular formula is C19H26N2O7. The van der Waals surface area contributed by atoms with Crippen molar-refractivity contribution in [2.45, 2.75) is 51.9 Å². The zero-order chi connectivity index (χ0) is 21.2. The van der Waals surface area contributed by atoms with Crippen LogP contribution in [0.25, 0.3) is 0 Å². The van der Waals surface area contributed by atoms with Crippen LogP contribution in [-0.4, -0.2) is 47.2 Å². The van der Waals surface area contributed by atoms with Gasteiger partial charge in [0.2, 0.25) is 5.91 Å². The molecule has 2 amide bonds. The molecule has 3 N–H and O–H groups in total. The van der Waals surface area contributed by atoms with E-state index in [0.29, 0.717) is 0 Å². The number of carbonyl (C=O) groups excluding carboxylic acids is 3. The van der Waals surface area contributed by atoms with Crippen molar-refractivity contribution in [2.24, 2.45) is 0 Å². The fourth-order valence-corrected chi connectivity index (χ4v) is 2.03. The summed E-state index contributed by atoms with van der Waals surface area (Å²) < 4.78 is 10.0. The van der Waals surface area contributed by atoms with Gasteiger partial charge in [-0.15, -0.1) is 0 Å². The smallest absolute Gasteiger partial charge is 0.408 e. The molecule has 154 valence electrons. The van der Waals surface area contributed by atoms with Crippen molar-refractivity contribution in [3.63, 3.8) is 0 Å². The van der Waals surface area contributed by atoms with Crippen LogP contribution in [0.1, 0.15) is 39.2 Å². The number of esters is 1. The third kappa shape index (κ3) is 10.1. The minimum absolute atomic E-state index is 0.0937. The Kier molecular flexibility index (Phi) is 8.94. The van der Waals surface area contributed by atoms with E-state index in [-0.39, 0.29) is 26.0 Å². The maximum atomic E-state index is 11.8. The molecule has 1 rings (SSSR count). The van der Waals surface area contributed by atoms with E-state index in [4.69, 9.17) is 14.6 Å². The number of nitrogens with one attached hydrogen (secondary N) is 2. The van der Waals surface area contributed by atoms with Crippen molar-refractivity contribution in [3.8, 4) is 0 Å². The van der Waals surface area contributed by atoms with Crippen LogP contribution in [0.5, 0.6) is 0 Å². The number of amides is 2. The van der Waals surface area contributed by atoms with Gasteiger partial charge in [0.25, 0.3) is 0 Å². The first-order chi connectivity index (χ1) is 13.1. The molecule has 1 aromatic rings. The number of carboxylic acid groups (broad SMARTS) is 1. The highest BCUT2D eigenvalue weighted by Crippen LogP contribution is 2.08. The molecule has 0 bridgehead atoms. The summed E-state index contributed by atoms with van der Waals surface area (Å²) in [6.45, 7) is 4.70. The SMILES string of the molecule is CC(C)(C)OC(=O)NC(CCC(=O)NCC(=O)OCc1ccccc1)C(=O)O. The molecule has 0 aromatic heterocycles. The van der Waals surface area contributed by atoms with Crippen LogP contribution in [0.2, 0.25) is 0 Å². The Morgan fingerprint density at radius 1 is 1.11 bits per heavy atom. The zero-order valence-electron chi connectivity index (χ0n) is 16.2. The number of carbonyl (C=O) groups is 4. The quantitative estimate of drug-likeness (QED) is 0.542. The number of hydrogen-bond acceptors (Lipinski definition) is 6. The predicted molar refractivity (Wildman–Crippen MR) is 99.3 cm³/mol. The van der Waals surface area contributed by atoms with Gasteiger partial charge < -0.3 is 25.2 Å². The van der Waals surface area contributed by atoms with Crippen molar-refractivity contribution >= 4 is 23.9 Å². The molecule has 0 spiro atoms. The van der Waals surface area contributed by atoms with Gasteiger partial charge in [0, 0.05) is 6.42 Å². The zero-order valence-corrected chi connectivity index (χ0v) is 16.2. The maximum absolute atomic E-state index is 11.8. The molecule has 0 aliphatic rings. The fraction of sp³-hybridized carbons (Fsp3) is 0.474. The van der Waals surface area contributed by atoms with Gasteiger partial charge in [-0.1, -0.05) is 30.3 Å². The minimum atomic E-state index is -1.29. The van der Waals surface area contributed by atoms with Crippen LogP contribution >= 0.6 is 0 Å². The van der Waals surface area contributed by atoms with Gasteiger partial charge in [0.1, 0.15) is 24.8 Å². The van der Waals surface area contributed by atoms with E-state index in [1.165, 1.54) is 0 Å². The summed E-state index contributed by atoms with van der Waals surface area (Å²) >= 11 is 0. The average Bonchev–Trinajstić information content (AvgIpc) is 2.60. The number of carboxylic acids is 1. The first-order valence-corrected chi connectivity index (χ1v) is 8.75. The van der Waals surface area contributed by atoms with Crippen molar-refractivity contribution < 1.29 is 33.8 Å². The van der Waals surface area contributed by atoms with Crippen LogP contribution in [0.15, 0.2) is 30.3 Å². The summed E-state index contributed by atoms with van der Waals surface area (Å²) in [6, 6.07) is 7.79. The number of alkyl carbamates (subject to hydrolysis) is 1. The molecule has 0 aliphatic heterocycles. The average molecular weight is 394 g/mol. The van der Waals surface area contributed by atoms with E-state index in [1.54, 1.807) is 32.9 Å². The summed E-state index contributed by atoms with van der Waals surface area (Å²) in [5, 5.41) is 13.7. The minimum Gasteiger partial charge on any atom is -0.480 e. The van der Waals surface area contributed by atoms with E-state index >= 15 is 0 Å². The van der Waals surface area contributed by atoms with Crippen LogP contribution in [0, 0.1) is 0 Å². The van der Waals surface area contributed by atoms with Crippen molar-refractivity contribution in [2.75, 3.05) is 6.54 Å². The van der Waals surface area contributed by atoms with Crippen molar-refractivity contribution in [3.05, 3.63) is 35.9 Å². The van der Waals surface area contributed by atoms with Crippen LogP contribution in [-0.2, 0) is 30.5 Å². The molecule has 0 aliphatic carbocycles. The lowest BCUT2D eigenvalue weighted by molar-refractivity contribution is -0.145. The molecule has 0 fully saturated rings. The molecule has 0 saturated heterocycles. The standard InChI is InChI=1S/C19H26N2O7/c1-19(2,3)28-18(26)21-14(17(24)25)9-10-15(22)20-11-16(23)27-12-13-7-5-4-6-8-13/h4-8,14H,9-12H2,1-3H3,(H,20,22)(H,21,26)(H,24,25). The Morgan fingerprint density at radius 2 is 1.75 bits per heavy atom. The molecule has 0 heterocycles. The molecule has 0 saturated carbocycles. The van der Waals surface area contributed by atoms with E-state index in [0.717, 1.165) is 5.56 Å². The molecule has 9 heteroatoms. The highest BCUT2D eigenvalue weighted by Gasteiger charge is 2.24. The molecule has 1 unspecified atom stereocenters. The number of ether oxygens (including phenoxy) is 2. The summed E-state index contributed by atoms with van der Waals surface area (Å²) in [5.41, 5.74) is 0.0460. The fourth-order valence-electron chi connectivity index (χ4n) is 2.03. The molecule has 0 radical (unpaired) electrons. The second-order valence-electron chi connectivity index (χ2n) is 7.00. The Bertz CT molecular complexity index is 683. The van der Waals surface area contributed by atoms with Crippen LogP contribution < -0.4 is 10.6 Å². The number of aliphatic carboxylic acids is 1. The second kappa shape index (κ2) is 10.9. The van der Waals surface area contributed by atoms with Crippen LogP contribution in [0.4, 0.5) is 4.79 Å². The molecule has 1 atom stereocenters. The summed E-state index contributed by atoms with van der Waals surface area (Å²) in [6.07, 6.45) is -1.23. The molecular weight excluding hydrogens is 368 g/mol. The van der Waals surface area contributed by atoms with Crippen molar-refractivity contribution in [1.29, 1.82) is 0 Å². The lowest BCUT2D eigenvalue weighted by Gasteiger charge is -2.21. The number of benzene rings is 1. The lowest BCUT2D eigenvalue weighted by Crippen LogP contribution is -2.44. The Hall–Kier alpha value is -3.10. The maximum Gasteiger partial charge on any atom is 0.408 e. The largest absolute Gasteiger partial charge is 0.480 e. The Balaban J connectivity index is 2.33. The second-order valence-corrected chi connectivity index (χ2v) is 7.00. The summed E-state index contributed by atoms with van der Waals surface area (Å²) in [7, 11) is 0. The highest BCUT2D eigenvalue weighted by molar-refractivity contribution is 5.83.